The Morgan fingerprint density at radius 1 is 1.33 bits per heavy atom. The molecule has 0 bridgehead atoms. The Balaban J connectivity index is 2.87. The molecule has 2 rings (SSSR count). The first-order valence-corrected chi connectivity index (χ1v) is 4.59. The summed E-state index contributed by atoms with van der Waals surface area (Å²) in [6.07, 6.45) is 0. The number of thiazole rings is 1. The van der Waals surface area contributed by atoms with Gasteiger partial charge in [-0.25, -0.2) is 0 Å². The van der Waals surface area contributed by atoms with Crippen molar-refractivity contribution in [3.05, 3.63) is 34.0 Å². The minimum absolute atomic E-state index is 0.781. The number of nitrogens with zero attached hydrogens (tertiary/aromatic N) is 1. The highest BCUT2D eigenvalue weighted by atomic mass is 32.1. The predicted octanol–water partition coefficient (Wildman–Crippen LogP) is 2.15. The van der Waals surface area contributed by atoms with Crippen molar-refractivity contribution < 1.29 is 4.73 Å². The minimum atomic E-state index is 0.781. The molecular formula is C9H9NOS. The largest absolute Gasteiger partial charge is 0.617 e. The molecule has 0 aliphatic heterocycles. The lowest BCUT2D eigenvalue weighted by atomic mass is 10.2. The maximum atomic E-state index is 11.4. The van der Waals surface area contributed by atoms with Gasteiger partial charge >= 0.3 is 0 Å². The molecule has 0 radical (unpaired) electrons. The summed E-state index contributed by atoms with van der Waals surface area (Å²) in [5.74, 6) is 0. The normalized spacial score (nSPS) is 10.8. The van der Waals surface area contributed by atoms with Crippen molar-refractivity contribution in [2.75, 3.05) is 0 Å². The highest BCUT2D eigenvalue weighted by molar-refractivity contribution is 7.18. The number of rotatable bonds is 0. The Morgan fingerprint density at radius 3 is 2.83 bits per heavy atom. The summed E-state index contributed by atoms with van der Waals surface area (Å²) in [6.45, 7) is 3.87. The Bertz CT molecular complexity index is 433. The molecule has 0 fully saturated rings. The topological polar surface area (TPSA) is 26.9 Å². The van der Waals surface area contributed by atoms with Crippen LogP contribution in [0.25, 0.3) is 10.2 Å². The highest BCUT2D eigenvalue weighted by Crippen LogP contribution is 2.20. The van der Waals surface area contributed by atoms with Gasteiger partial charge in [-0.05, 0) is 18.6 Å². The van der Waals surface area contributed by atoms with Crippen molar-refractivity contribution in [1.82, 2.24) is 0 Å². The van der Waals surface area contributed by atoms with Crippen molar-refractivity contribution in [3.8, 4) is 0 Å². The van der Waals surface area contributed by atoms with E-state index in [-0.39, 0.29) is 0 Å². The van der Waals surface area contributed by atoms with E-state index in [4.69, 9.17) is 0 Å². The van der Waals surface area contributed by atoms with Gasteiger partial charge in [0, 0.05) is 13.0 Å². The lowest BCUT2D eigenvalue weighted by Crippen LogP contribution is -2.26. The zero-order chi connectivity index (χ0) is 8.72. The van der Waals surface area contributed by atoms with E-state index in [1.54, 1.807) is 11.3 Å². The van der Waals surface area contributed by atoms with Gasteiger partial charge in [0.2, 0.25) is 10.5 Å². The number of hydrogen-bond donors (Lipinski definition) is 0. The van der Waals surface area contributed by atoms with Crippen LogP contribution in [-0.2, 0) is 0 Å². The molecule has 0 saturated carbocycles. The third-order valence-electron chi connectivity index (χ3n) is 1.88. The van der Waals surface area contributed by atoms with Crippen LogP contribution in [0.2, 0.25) is 0 Å². The number of benzene rings is 1. The molecule has 0 saturated heterocycles. The monoisotopic (exact) mass is 179 g/mol. The lowest BCUT2D eigenvalue weighted by Gasteiger charge is -1.93. The predicted molar refractivity (Wildman–Crippen MR) is 50.3 cm³/mol. The van der Waals surface area contributed by atoms with E-state index in [9.17, 15) is 5.21 Å². The van der Waals surface area contributed by atoms with Gasteiger partial charge in [-0.3, -0.25) is 0 Å². The van der Waals surface area contributed by atoms with Crippen LogP contribution in [0.1, 0.15) is 10.6 Å². The molecule has 3 heteroatoms. The summed E-state index contributed by atoms with van der Waals surface area (Å²) in [4.78, 5) is 0. The molecule has 0 atom stereocenters. The molecule has 1 heterocycles. The molecule has 0 spiro atoms. The fourth-order valence-electron chi connectivity index (χ4n) is 1.24. The van der Waals surface area contributed by atoms with E-state index in [0.717, 1.165) is 20.0 Å². The molecular weight excluding hydrogens is 170 g/mol. The Hall–Kier alpha value is -1.09. The summed E-state index contributed by atoms with van der Waals surface area (Å²) < 4.78 is 2.06. The molecule has 0 amide bonds. The third kappa shape index (κ3) is 0.975. The molecule has 2 nitrogen and oxygen atoms in total. The van der Waals surface area contributed by atoms with Crippen LogP contribution in [0.4, 0.5) is 0 Å². The van der Waals surface area contributed by atoms with E-state index in [1.807, 2.05) is 32.0 Å². The average molecular weight is 179 g/mol. The van der Waals surface area contributed by atoms with Crippen molar-refractivity contribution in [1.29, 1.82) is 0 Å². The second kappa shape index (κ2) is 2.45. The average Bonchev–Trinajstić information content (AvgIpc) is 2.28. The number of aromatic nitrogens is 1. The summed E-state index contributed by atoms with van der Waals surface area (Å²) in [6, 6.07) is 5.88. The second-order valence-electron chi connectivity index (χ2n) is 2.89. The standard InChI is InChI=1S/C9H9NOS/c1-6-3-4-8-9(5-6)12-7(2)10(8)11/h3-5H,1-2H3. The van der Waals surface area contributed by atoms with Crippen LogP contribution >= 0.6 is 11.3 Å². The van der Waals surface area contributed by atoms with Gasteiger partial charge in [0.1, 0.15) is 4.70 Å². The first-order valence-electron chi connectivity index (χ1n) is 3.78. The van der Waals surface area contributed by atoms with Gasteiger partial charge in [-0.15, -0.1) is 0 Å². The van der Waals surface area contributed by atoms with Crippen LogP contribution in [0.3, 0.4) is 0 Å². The molecule has 12 heavy (non-hydrogen) atoms. The summed E-state index contributed by atoms with van der Waals surface area (Å²) in [5, 5.41) is 12.2. The van der Waals surface area contributed by atoms with Crippen LogP contribution in [0, 0.1) is 19.1 Å². The van der Waals surface area contributed by atoms with Crippen molar-refractivity contribution in [3.63, 3.8) is 0 Å². The number of aryl methyl sites for hydroxylation is 2. The van der Waals surface area contributed by atoms with E-state index in [1.165, 1.54) is 5.56 Å². The van der Waals surface area contributed by atoms with Crippen molar-refractivity contribution >= 4 is 21.6 Å². The maximum absolute atomic E-state index is 11.4. The number of fused-ring (bicyclic) bond motifs is 1. The summed E-state index contributed by atoms with van der Waals surface area (Å²) >= 11 is 1.54. The van der Waals surface area contributed by atoms with E-state index in [2.05, 4.69) is 0 Å². The quantitative estimate of drug-likeness (QED) is 0.449. The van der Waals surface area contributed by atoms with Gasteiger partial charge in [0.05, 0.1) is 0 Å². The van der Waals surface area contributed by atoms with Crippen LogP contribution < -0.4 is 4.73 Å². The van der Waals surface area contributed by atoms with Gasteiger partial charge < -0.3 is 5.21 Å². The van der Waals surface area contributed by atoms with Crippen LogP contribution in [0.15, 0.2) is 18.2 Å². The molecule has 0 aliphatic rings. The summed E-state index contributed by atoms with van der Waals surface area (Å²) in [7, 11) is 0. The molecule has 1 aromatic carbocycles. The van der Waals surface area contributed by atoms with Gasteiger partial charge in [-0.1, -0.05) is 17.4 Å². The fraction of sp³-hybridized carbons (Fsp3) is 0.222. The van der Waals surface area contributed by atoms with Crippen LogP contribution in [-0.4, -0.2) is 0 Å². The number of hydrogen-bond acceptors (Lipinski definition) is 2. The SMILES string of the molecule is Cc1ccc2c(c1)sc(C)[n+]2[O-]. The fourth-order valence-corrected chi connectivity index (χ4v) is 2.24. The van der Waals surface area contributed by atoms with Gasteiger partial charge in [0.25, 0.3) is 0 Å². The second-order valence-corrected chi connectivity index (χ2v) is 4.12. The van der Waals surface area contributed by atoms with Gasteiger partial charge in [0.15, 0.2) is 0 Å². The maximum Gasteiger partial charge on any atom is 0.246 e. The van der Waals surface area contributed by atoms with E-state index < -0.39 is 0 Å². The molecule has 0 unspecified atom stereocenters. The minimum Gasteiger partial charge on any atom is -0.617 e. The highest BCUT2D eigenvalue weighted by Gasteiger charge is 2.10. The van der Waals surface area contributed by atoms with E-state index in [0.29, 0.717) is 0 Å². The Labute approximate surface area is 74.7 Å². The smallest absolute Gasteiger partial charge is 0.246 e. The Morgan fingerprint density at radius 2 is 2.08 bits per heavy atom. The first-order chi connectivity index (χ1) is 5.68. The zero-order valence-corrected chi connectivity index (χ0v) is 7.81. The van der Waals surface area contributed by atoms with Gasteiger partial charge in [-0.2, -0.15) is 4.73 Å². The van der Waals surface area contributed by atoms with Crippen molar-refractivity contribution in [2.24, 2.45) is 0 Å². The first kappa shape index (κ1) is 7.55. The molecule has 62 valence electrons. The van der Waals surface area contributed by atoms with Crippen LogP contribution in [0.5, 0.6) is 0 Å². The third-order valence-corrected chi connectivity index (χ3v) is 2.89. The summed E-state index contributed by atoms with van der Waals surface area (Å²) in [5.41, 5.74) is 1.98. The van der Waals surface area contributed by atoms with E-state index >= 15 is 0 Å². The zero-order valence-electron chi connectivity index (χ0n) is 7.00. The molecule has 1 aromatic heterocycles. The van der Waals surface area contributed by atoms with Crippen molar-refractivity contribution in [2.45, 2.75) is 13.8 Å². The molecule has 2 aromatic rings. The Kier molecular flexibility index (Phi) is 1.54. The molecule has 0 aliphatic carbocycles. The molecule has 0 N–H and O–H groups in total. The lowest BCUT2D eigenvalue weighted by molar-refractivity contribution is -0.578.